The molecule has 1 aliphatic carbocycles. The summed E-state index contributed by atoms with van der Waals surface area (Å²) in [6.45, 7) is 2.94. The van der Waals surface area contributed by atoms with Gasteiger partial charge in [-0.25, -0.2) is 4.68 Å². The number of aryl methyl sites for hydroxylation is 1. The molecule has 1 atom stereocenters. The Kier molecular flexibility index (Phi) is 4.86. The van der Waals surface area contributed by atoms with Crippen LogP contribution < -0.4 is 0 Å². The molecule has 17 heavy (non-hydrogen) atoms. The summed E-state index contributed by atoms with van der Waals surface area (Å²) < 4.78 is 1.82. The Bertz CT molecular complexity index is 336. The standard InChI is InChI=1S/C12H21N3OS/c1-2-7-15-11(8-13-14-15)12(16)9-17-10-5-3-4-6-10/h8,10,12,16H,2-7,9H2,1H3. The van der Waals surface area contributed by atoms with E-state index in [1.807, 2.05) is 16.4 Å². The SMILES string of the molecule is CCCn1nncc1C(O)CSC1CCCC1. The summed E-state index contributed by atoms with van der Waals surface area (Å²) >= 11 is 1.90. The molecule has 0 aromatic carbocycles. The number of thioether (sulfide) groups is 1. The summed E-state index contributed by atoms with van der Waals surface area (Å²) in [6, 6.07) is 0. The third-order valence-corrected chi connectivity index (χ3v) is 4.67. The highest BCUT2D eigenvalue weighted by Crippen LogP contribution is 2.31. The van der Waals surface area contributed by atoms with Gasteiger partial charge in [-0.1, -0.05) is 25.0 Å². The van der Waals surface area contributed by atoms with Crippen molar-refractivity contribution in [2.24, 2.45) is 0 Å². The van der Waals surface area contributed by atoms with Gasteiger partial charge in [0.2, 0.25) is 0 Å². The summed E-state index contributed by atoms with van der Waals surface area (Å²) in [7, 11) is 0. The second-order valence-electron chi connectivity index (χ2n) is 4.64. The Morgan fingerprint density at radius 1 is 1.53 bits per heavy atom. The normalized spacial score (nSPS) is 18.7. The van der Waals surface area contributed by atoms with Crippen LogP contribution in [0.25, 0.3) is 0 Å². The lowest BCUT2D eigenvalue weighted by atomic mass is 10.3. The van der Waals surface area contributed by atoms with Gasteiger partial charge in [0.05, 0.1) is 11.9 Å². The molecule has 4 nitrogen and oxygen atoms in total. The summed E-state index contributed by atoms with van der Waals surface area (Å²) in [5.74, 6) is 0.766. The van der Waals surface area contributed by atoms with E-state index in [1.165, 1.54) is 25.7 Å². The van der Waals surface area contributed by atoms with Gasteiger partial charge < -0.3 is 5.11 Å². The van der Waals surface area contributed by atoms with E-state index in [-0.39, 0.29) is 0 Å². The molecule has 1 aliphatic rings. The minimum Gasteiger partial charge on any atom is -0.386 e. The lowest BCUT2D eigenvalue weighted by molar-refractivity contribution is 0.191. The number of aromatic nitrogens is 3. The first-order valence-electron chi connectivity index (χ1n) is 6.49. The molecule has 1 aromatic heterocycles. The summed E-state index contributed by atoms with van der Waals surface area (Å²) in [5.41, 5.74) is 0.859. The first-order chi connectivity index (χ1) is 8.31. The Morgan fingerprint density at radius 3 is 3.00 bits per heavy atom. The zero-order chi connectivity index (χ0) is 12.1. The van der Waals surface area contributed by atoms with Gasteiger partial charge >= 0.3 is 0 Å². The largest absolute Gasteiger partial charge is 0.386 e. The summed E-state index contributed by atoms with van der Waals surface area (Å²) in [6.07, 6.45) is 7.59. The maximum Gasteiger partial charge on any atom is 0.106 e. The molecule has 5 heteroatoms. The van der Waals surface area contributed by atoms with Crippen LogP contribution in [0, 0.1) is 0 Å². The van der Waals surface area contributed by atoms with Crippen LogP contribution in [0.1, 0.15) is 50.8 Å². The number of nitrogens with zero attached hydrogens (tertiary/aromatic N) is 3. The van der Waals surface area contributed by atoms with Crippen molar-refractivity contribution >= 4 is 11.8 Å². The number of hydrogen-bond donors (Lipinski definition) is 1. The van der Waals surface area contributed by atoms with Crippen LogP contribution in [0.15, 0.2) is 6.20 Å². The van der Waals surface area contributed by atoms with E-state index in [4.69, 9.17) is 0 Å². The molecule has 0 amide bonds. The van der Waals surface area contributed by atoms with Crippen molar-refractivity contribution in [3.8, 4) is 0 Å². The van der Waals surface area contributed by atoms with Crippen LogP contribution in [0.4, 0.5) is 0 Å². The molecule has 1 N–H and O–H groups in total. The minimum absolute atomic E-state index is 0.429. The number of aliphatic hydroxyl groups excluding tert-OH is 1. The quantitative estimate of drug-likeness (QED) is 0.848. The van der Waals surface area contributed by atoms with Crippen LogP contribution in [-0.2, 0) is 6.54 Å². The molecule has 0 radical (unpaired) electrons. The minimum atomic E-state index is -0.429. The third kappa shape index (κ3) is 3.45. The molecule has 1 saturated carbocycles. The highest BCUT2D eigenvalue weighted by atomic mass is 32.2. The Morgan fingerprint density at radius 2 is 2.29 bits per heavy atom. The van der Waals surface area contributed by atoms with Gasteiger partial charge in [0.15, 0.2) is 0 Å². The smallest absolute Gasteiger partial charge is 0.106 e. The fourth-order valence-electron chi connectivity index (χ4n) is 2.28. The summed E-state index contributed by atoms with van der Waals surface area (Å²) in [5, 5.41) is 18.8. The van der Waals surface area contributed by atoms with Crippen LogP contribution in [-0.4, -0.2) is 31.1 Å². The van der Waals surface area contributed by atoms with Crippen LogP contribution in [0.5, 0.6) is 0 Å². The Hall–Kier alpha value is -0.550. The molecule has 0 spiro atoms. The van der Waals surface area contributed by atoms with Crippen molar-refractivity contribution in [3.63, 3.8) is 0 Å². The average Bonchev–Trinajstić information content (AvgIpc) is 2.97. The average molecular weight is 255 g/mol. The fourth-order valence-corrected chi connectivity index (χ4v) is 3.57. The van der Waals surface area contributed by atoms with Gasteiger partial charge in [-0.05, 0) is 19.3 Å². The lowest BCUT2D eigenvalue weighted by Crippen LogP contribution is -2.12. The van der Waals surface area contributed by atoms with E-state index in [9.17, 15) is 5.11 Å². The third-order valence-electron chi connectivity index (χ3n) is 3.22. The molecule has 1 fully saturated rings. The van der Waals surface area contributed by atoms with Gasteiger partial charge in [-0.15, -0.1) is 5.10 Å². The van der Waals surface area contributed by atoms with E-state index >= 15 is 0 Å². The lowest BCUT2D eigenvalue weighted by Gasteiger charge is -2.14. The Labute approximate surface area is 107 Å². The van der Waals surface area contributed by atoms with Crippen LogP contribution >= 0.6 is 11.8 Å². The van der Waals surface area contributed by atoms with E-state index in [2.05, 4.69) is 17.2 Å². The van der Waals surface area contributed by atoms with Crippen molar-refractivity contribution in [2.75, 3.05) is 5.75 Å². The fraction of sp³-hybridized carbons (Fsp3) is 0.833. The molecule has 2 rings (SSSR count). The first kappa shape index (κ1) is 12.9. The topological polar surface area (TPSA) is 50.9 Å². The maximum absolute atomic E-state index is 10.2. The van der Waals surface area contributed by atoms with E-state index < -0.39 is 6.10 Å². The molecule has 1 aromatic rings. The predicted molar refractivity (Wildman–Crippen MR) is 70.0 cm³/mol. The van der Waals surface area contributed by atoms with Gasteiger partial charge in [-0.3, -0.25) is 0 Å². The van der Waals surface area contributed by atoms with Gasteiger partial charge in [-0.2, -0.15) is 11.8 Å². The Balaban J connectivity index is 1.85. The van der Waals surface area contributed by atoms with Gasteiger partial charge in [0.25, 0.3) is 0 Å². The van der Waals surface area contributed by atoms with Crippen molar-refractivity contribution in [3.05, 3.63) is 11.9 Å². The van der Waals surface area contributed by atoms with Crippen molar-refractivity contribution in [1.82, 2.24) is 15.0 Å². The highest BCUT2D eigenvalue weighted by molar-refractivity contribution is 7.99. The number of hydrogen-bond acceptors (Lipinski definition) is 4. The van der Waals surface area contributed by atoms with Crippen molar-refractivity contribution in [1.29, 1.82) is 0 Å². The van der Waals surface area contributed by atoms with Crippen molar-refractivity contribution < 1.29 is 5.11 Å². The van der Waals surface area contributed by atoms with Gasteiger partial charge in [0.1, 0.15) is 6.10 Å². The molecular weight excluding hydrogens is 234 g/mol. The van der Waals surface area contributed by atoms with Crippen molar-refractivity contribution in [2.45, 2.75) is 56.9 Å². The van der Waals surface area contributed by atoms with E-state index in [0.717, 1.165) is 29.7 Å². The first-order valence-corrected chi connectivity index (χ1v) is 7.54. The molecular formula is C12H21N3OS. The molecule has 1 heterocycles. The second kappa shape index (κ2) is 6.40. The monoisotopic (exact) mass is 255 g/mol. The van der Waals surface area contributed by atoms with Gasteiger partial charge in [0, 0.05) is 17.5 Å². The highest BCUT2D eigenvalue weighted by Gasteiger charge is 2.19. The molecule has 0 aliphatic heterocycles. The predicted octanol–water partition coefficient (Wildman–Crippen LogP) is 2.40. The molecule has 1 unspecified atom stereocenters. The van der Waals surface area contributed by atoms with Crippen LogP contribution in [0.3, 0.4) is 0 Å². The molecule has 0 saturated heterocycles. The zero-order valence-electron chi connectivity index (χ0n) is 10.4. The van der Waals surface area contributed by atoms with Crippen LogP contribution in [0.2, 0.25) is 0 Å². The molecule has 96 valence electrons. The van der Waals surface area contributed by atoms with E-state index in [1.54, 1.807) is 6.20 Å². The maximum atomic E-state index is 10.2. The summed E-state index contributed by atoms with van der Waals surface area (Å²) in [4.78, 5) is 0. The number of rotatable bonds is 6. The molecule has 0 bridgehead atoms. The number of aliphatic hydroxyl groups is 1. The zero-order valence-corrected chi connectivity index (χ0v) is 11.2. The second-order valence-corrected chi connectivity index (χ2v) is 5.97. The van der Waals surface area contributed by atoms with E-state index in [0.29, 0.717) is 0 Å².